The Morgan fingerprint density at radius 1 is 1.14 bits per heavy atom. The molecule has 1 aliphatic heterocycles. The van der Waals surface area contributed by atoms with Crippen molar-refractivity contribution in [1.29, 1.82) is 0 Å². The van der Waals surface area contributed by atoms with Crippen LogP contribution < -0.4 is 5.32 Å². The van der Waals surface area contributed by atoms with E-state index in [0.717, 1.165) is 37.0 Å². The zero-order valence-corrected chi connectivity index (χ0v) is 16.4. The summed E-state index contributed by atoms with van der Waals surface area (Å²) in [5.74, 6) is -0.146. The molecule has 2 heterocycles. The van der Waals surface area contributed by atoms with Gasteiger partial charge in [-0.05, 0) is 36.1 Å². The van der Waals surface area contributed by atoms with Gasteiger partial charge in [-0.15, -0.1) is 0 Å². The van der Waals surface area contributed by atoms with Gasteiger partial charge in [-0.1, -0.05) is 37.6 Å². The minimum atomic E-state index is -0.548. The van der Waals surface area contributed by atoms with Gasteiger partial charge in [0, 0.05) is 32.7 Å². The van der Waals surface area contributed by atoms with Crippen LogP contribution in [-0.2, 0) is 22.5 Å². The fourth-order valence-corrected chi connectivity index (χ4v) is 3.36. The summed E-state index contributed by atoms with van der Waals surface area (Å²) in [6.45, 7) is 4.44. The summed E-state index contributed by atoms with van der Waals surface area (Å²) in [7, 11) is 0. The van der Waals surface area contributed by atoms with Gasteiger partial charge in [-0.25, -0.2) is 0 Å². The maximum absolute atomic E-state index is 12.9. The number of unbranched alkanes of at least 4 members (excludes halogenated alkanes) is 1. The fraction of sp³-hybridized carbons (Fsp3) is 0.455. The highest BCUT2D eigenvalue weighted by atomic mass is 16.5. The molecule has 6 nitrogen and oxygen atoms in total. The third-order valence-electron chi connectivity index (χ3n) is 4.95. The Morgan fingerprint density at radius 2 is 1.93 bits per heavy atom. The van der Waals surface area contributed by atoms with Crippen LogP contribution in [0.1, 0.15) is 47.9 Å². The zero-order valence-electron chi connectivity index (χ0n) is 16.4. The van der Waals surface area contributed by atoms with Gasteiger partial charge in [0.2, 0.25) is 5.91 Å². The number of rotatable bonds is 9. The van der Waals surface area contributed by atoms with E-state index in [-0.39, 0.29) is 17.6 Å². The molecule has 0 bridgehead atoms. The molecule has 0 unspecified atom stereocenters. The number of carbonyl (C=O) groups excluding carboxylic acids is 2. The summed E-state index contributed by atoms with van der Waals surface area (Å²) in [6, 6.07) is 10.7. The fourth-order valence-electron chi connectivity index (χ4n) is 3.36. The van der Waals surface area contributed by atoms with E-state index in [0.29, 0.717) is 26.1 Å². The topological polar surface area (TPSA) is 71.8 Å². The number of hydrogen-bond acceptors (Lipinski definition) is 4. The molecule has 28 heavy (non-hydrogen) atoms. The Bertz CT molecular complexity index is 773. The second-order valence-corrected chi connectivity index (χ2v) is 7.01. The SMILES string of the molecule is CCCCOCCCNC(=O)[C@H]1Cc2ccccc2CN1C(=O)c1ccco1. The molecule has 1 atom stereocenters. The van der Waals surface area contributed by atoms with Crippen molar-refractivity contribution in [3.05, 3.63) is 59.5 Å². The molecule has 0 saturated heterocycles. The molecule has 6 heteroatoms. The van der Waals surface area contributed by atoms with E-state index in [9.17, 15) is 9.59 Å². The summed E-state index contributed by atoms with van der Waals surface area (Å²) >= 11 is 0. The third kappa shape index (κ3) is 5.01. The highest BCUT2D eigenvalue weighted by molar-refractivity contribution is 5.96. The number of nitrogens with zero attached hydrogens (tertiary/aromatic N) is 1. The minimum Gasteiger partial charge on any atom is -0.459 e. The maximum atomic E-state index is 12.9. The molecule has 3 rings (SSSR count). The molecule has 1 N–H and O–H groups in total. The van der Waals surface area contributed by atoms with E-state index < -0.39 is 6.04 Å². The largest absolute Gasteiger partial charge is 0.459 e. The number of hydrogen-bond donors (Lipinski definition) is 1. The van der Waals surface area contributed by atoms with Crippen molar-refractivity contribution in [2.24, 2.45) is 0 Å². The van der Waals surface area contributed by atoms with Gasteiger partial charge < -0.3 is 19.4 Å². The Labute approximate surface area is 165 Å². The Balaban J connectivity index is 1.62. The molecular formula is C22H28N2O4. The first-order valence-electron chi connectivity index (χ1n) is 9.97. The Kier molecular flexibility index (Phi) is 7.25. The van der Waals surface area contributed by atoms with E-state index in [1.54, 1.807) is 17.0 Å². The molecule has 2 aromatic rings. The van der Waals surface area contributed by atoms with Crippen molar-refractivity contribution in [2.45, 2.75) is 45.2 Å². The number of benzene rings is 1. The second kappa shape index (κ2) is 10.1. The van der Waals surface area contributed by atoms with Crippen LogP contribution in [0.3, 0.4) is 0 Å². The van der Waals surface area contributed by atoms with Crippen LogP contribution in [0, 0.1) is 0 Å². The first-order valence-corrected chi connectivity index (χ1v) is 9.97. The molecule has 0 fully saturated rings. The summed E-state index contributed by atoms with van der Waals surface area (Å²) < 4.78 is 10.8. The second-order valence-electron chi connectivity index (χ2n) is 7.01. The van der Waals surface area contributed by atoms with Gasteiger partial charge in [-0.2, -0.15) is 0 Å². The van der Waals surface area contributed by atoms with Gasteiger partial charge in [0.15, 0.2) is 5.76 Å². The van der Waals surface area contributed by atoms with Crippen LogP contribution in [0.2, 0.25) is 0 Å². The molecule has 150 valence electrons. The van der Waals surface area contributed by atoms with Gasteiger partial charge in [-0.3, -0.25) is 9.59 Å². The number of furan rings is 1. The highest BCUT2D eigenvalue weighted by Gasteiger charge is 2.35. The van der Waals surface area contributed by atoms with Crippen molar-refractivity contribution < 1.29 is 18.7 Å². The molecule has 2 amide bonds. The van der Waals surface area contributed by atoms with Crippen molar-refractivity contribution in [3.8, 4) is 0 Å². The summed E-state index contributed by atoms with van der Waals surface area (Å²) in [5, 5.41) is 2.96. The maximum Gasteiger partial charge on any atom is 0.290 e. The average molecular weight is 384 g/mol. The van der Waals surface area contributed by atoms with Crippen molar-refractivity contribution in [2.75, 3.05) is 19.8 Å². The van der Waals surface area contributed by atoms with Gasteiger partial charge >= 0.3 is 0 Å². The Hall–Kier alpha value is -2.60. The highest BCUT2D eigenvalue weighted by Crippen LogP contribution is 2.25. The van der Waals surface area contributed by atoms with Crippen molar-refractivity contribution in [3.63, 3.8) is 0 Å². The first kappa shape index (κ1) is 20.1. The van der Waals surface area contributed by atoms with Crippen LogP contribution in [0.15, 0.2) is 47.1 Å². The summed E-state index contributed by atoms with van der Waals surface area (Å²) in [5.41, 5.74) is 2.17. The van der Waals surface area contributed by atoms with E-state index in [4.69, 9.17) is 9.15 Å². The van der Waals surface area contributed by atoms with Crippen LogP contribution in [0.5, 0.6) is 0 Å². The number of amides is 2. The van der Waals surface area contributed by atoms with Crippen LogP contribution in [0.25, 0.3) is 0 Å². The van der Waals surface area contributed by atoms with Gasteiger partial charge in [0.1, 0.15) is 6.04 Å². The van der Waals surface area contributed by atoms with Crippen molar-refractivity contribution in [1.82, 2.24) is 10.2 Å². The predicted octanol–water partition coefficient (Wildman–Crippen LogP) is 3.17. The molecule has 0 spiro atoms. The monoisotopic (exact) mass is 384 g/mol. The lowest BCUT2D eigenvalue weighted by atomic mass is 9.93. The average Bonchev–Trinajstić information content (AvgIpc) is 3.26. The molecule has 0 radical (unpaired) electrons. The Morgan fingerprint density at radius 3 is 2.68 bits per heavy atom. The molecule has 1 aromatic heterocycles. The lowest BCUT2D eigenvalue weighted by Gasteiger charge is -2.35. The summed E-state index contributed by atoms with van der Waals surface area (Å²) in [4.78, 5) is 27.4. The lowest BCUT2D eigenvalue weighted by Crippen LogP contribution is -2.52. The smallest absolute Gasteiger partial charge is 0.290 e. The lowest BCUT2D eigenvalue weighted by molar-refractivity contribution is -0.126. The number of nitrogens with one attached hydrogen (secondary N) is 1. The zero-order chi connectivity index (χ0) is 19.8. The van der Waals surface area contributed by atoms with E-state index in [1.807, 2.05) is 24.3 Å². The molecular weight excluding hydrogens is 356 g/mol. The van der Waals surface area contributed by atoms with Gasteiger partial charge in [0.25, 0.3) is 5.91 Å². The quantitative estimate of drug-likeness (QED) is 0.674. The minimum absolute atomic E-state index is 0.136. The van der Waals surface area contributed by atoms with E-state index in [2.05, 4.69) is 12.2 Å². The molecule has 1 aliphatic rings. The number of fused-ring (bicyclic) bond motifs is 1. The van der Waals surface area contributed by atoms with Crippen LogP contribution >= 0.6 is 0 Å². The number of carbonyl (C=O) groups is 2. The van der Waals surface area contributed by atoms with Gasteiger partial charge in [0.05, 0.1) is 6.26 Å². The first-order chi connectivity index (χ1) is 13.7. The normalized spacial score (nSPS) is 15.9. The summed E-state index contributed by atoms with van der Waals surface area (Å²) in [6.07, 6.45) is 4.89. The number of ether oxygens (including phenoxy) is 1. The molecule has 0 aliphatic carbocycles. The standard InChI is InChI=1S/C22H28N2O4/c1-2-3-12-27-13-7-11-23-21(25)19-15-17-8-4-5-9-18(17)16-24(19)22(26)20-10-6-14-28-20/h4-6,8-10,14,19H,2-3,7,11-13,15-16H2,1H3,(H,23,25)/t19-/m1/s1. The molecule has 0 saturated carbocycles. The third-order valence-corrected chi connectivity index (χ3v) is 4.95. The van der Waals surface area contributed by atoms with Crippen molar-refractivity contribution >= 4 is 11.8 Å². The van der Waals surface area contributed by atoms with E-state index >= 15 is 0 Å². The van der Waals surface area contributed by atoms with E-state index in [1.165, 1.54) is 6.26 Å². The predicted molar refractivity (Wildman–Crippen MR) is 106 cm³/mol. The molecule has 1 aromatic carbocycles. The van der Waals surface area contributed by atoms with Crippen LogP contribution in [-0.4, -0.2) is 42.5 Å². The van der Waals surface area contributed by atoms with Crippen LogP contribution in [0.4, 0.5) is 0 Å².